The molecule has 0 bridgehead atoms. The number of hydrogen-bond donors (Lipinski definition) is 0. The third-order valence-corrected chi connectivity index (χ3v) is 1.87. The Balaban J connectivity index is 3.20. The van der Waals surface area contributed by atoms with Crippen LogP contribution in [0.15, 0.2) is 11.0 Å². The first kappa shape index (κ1) is 7.55. The molecule has 0 saturated heterocycles. The topological polar surface area (TPSA) is 43.4 Å². The van der Waals surface area contributed by atoms with Crippen molar-refractivity contribution in [3.63, 3.8) is 0 Å². The maximum atomic E-state index is 11.9. The lowest BCUT2D eigenvalue weighted by Gasteiger charge is -1.91. The lowest BCUT2D eigenvalue weighted by molar-refractivity contribution is 0.0990. The van der Waals surface area contributed by atoms with E-state index < -0.39 is 27.5 Å². The molecular formula is C3HF3O3S. The maximum Gasteiger partial charge on any atom is 0.330 e. The largest absolute Gasteiger partial charge is 0.330 e. The fourth-order valence-electron chi connectivity index (χ4n) is 0.404. The van der Waals surface area contributed by atoms with Gasteiger partial charge in [0, 0.05) is 0 Å². The number of alkyl halides is 1. The van der Waals surface area contributed by atoms with Crippen LogP contribution in [0.4, 0.5) is 13.2 Å². The van der Waals surface area contributed by atoms with E-state index in [1.807, 2.05) is 0 Å². The lowest BCUT2D eigenvalue weighted by Crippen LogP contribution is -2.03. The zero-order valence-electron chi connectivity index (χ0n) is 4.34. The normalized spacial score (nSPS) is 31.3. The van der Waals surface area contributed by atoms with Crippen LogP contribution < -0.4 is 0 Å². The standard InChI is InChI=1S/C3HF3O3S/c4-1-2(5)9-10(7,8)3(1)6/h2H. The van der Waals surface area contributed by atoms with Crippen molar-refractivity contribution in [3.8, 4) is 0 Å². The van der Waals surface area contributed by atoms with E-state index in [2.05, 4.69) is 4.18 Å². The molecule has 0 amide bonds. The van der Waals surface area contributed by atoms with Gasteiger partial charge in [-0.3, -0.25) is 0 Å². The summed E-state index contributed by atoms with van der Waals surface area (Å²) in [6.45, 7) is 0. The molecule has 0 spiro atoms. The van der Waals surface area contributed by atoms with Gasteiger partial charge < -0.3 is 0 Å². The maximum absolute atomic E-state index is 11.9. The highest BCUT2D eigenvalue weighted by molar-refractivity contribution is 7.90. The van der Waals surface area contributed by atoms with E-state index in [-0.39, 0.29) is 0 Å². The van der Waals surface area contributed by atoms with Crippen LogP contribution in [-0.4, -0.2) is 14.8 Å². The van der Waals surface area contributed by atoms with Crippen molar-refractivity contribution in [1.82, 2.24) is 0 Å². The monoisotopic (exact) mass is 174 g/mol. The summed E-state index contributed by atoms with van der Waals surface area (Å²) in [4.78, 5) is 0. The summed E-state index contributed by atoms with van der Waals surface area (Å²) >= 11 is 0. The van der Waals surface area contributed by atoms with E-state index >= 15 is 0 Å². The van der Waals surface area contributed by atoms with Crippen molar-refractivity contribution in [2.45, 2.75) is 6.36 Å². The fraction of sp³-hybridized carbons (Fsp3) is 0.333. The van der Waals surface area contributed by atoms with E-state index in [4.69, 9.17) is 0 Å². The molecule has 3 nitrogen and oxygen atoms in total. The van der Waals surface area contributed by atoms with Gasteiger partial charge in [0.25, 0.3) is 11.5 Å². The molecule has 7 heteroatoms. The number of hydrogen-bond acceptors (Lipinski definition) is 3. The van der Waals surface area contributed by atoms with Crippen molar-refractivity contribution < 1.29 is 25.8 Å². The zero-order chi connectivity index (χ0) is 7.94. The van der Waals surface area contributed by atoms with Gasteiger partial charge >= 0.3 is 10.1 Å². The second-order valence-electron chi connectivity index (χ2n) is 1.49. The Morgan fingerprint density at radius 3 is 2.00 bits per heavy atom. The molecule has 58 valence electrons. The molecule has 0 radical (unpaired) electrons. The number of halogens is 3. The van der Waals surface area contributed by atoms with Crippen molar-refractivity contribution in [2.24, 2.45) is 0 Å². The van der Waals surface area contributed by atoms with Crippen LogP contribution in [0.3, 0.4) is 0 Å². The second kappa shape index (κ2) is 1.96. The highest BCUT2D eigenvalue weighted by atomic mass is 32.2. The predicted molar refractivity (Wildman–Crippen MR) is 24.1 cm³/mol. The van der Waals surface area contributed by atoms with Crippen LogP contribution in [-0.2, 0) is 14.3 Å². The third kappa shape index (κ3) is 0.907. The summed E-state index contributed by atoms with van der Waals surface area (Å²) in [7, 11) is -4.76. The van der Waals surface area contributed by atoms with Crippen LogP contribution in [0.5, 0.6) is 0 Å². The molecule has 1 heterocycles. The summed E-state index contributed by atoms with van der Waals surface area (Å²) in [6.07, 6.45) is -2.81. The van der Waals surface area contributed by atoms with Gasteiger partial charge in [-0.2, -0.15) is 12.8 Å². The molecule has 1 aliphatic heterocycles. The van der Waals surface area contributed by atoms with Gasteiger partial charge in [0.05, 0.1) is 0 Å². The highest BCUT2D eigenvalue weighted by Crippen LogP contribution is 2.31. The van der Waals surface area contributed by atoms with Crippen molar-refractivity contribution in [1.29, 1.82) is 0 Å². The van der Waals surface area contributed by atoms with Crippen LogP contribution in [0, 0.1) is 0 Å². The summed E-state index contributed by atoms with van der Waals surface area (Å²) < 4.78 is 58.9. The molecule has 0 aromatic carbocycles. The molecule has 10 heavy (non-hydrogen) atoms. The zero-order valence-corrected chi connectivity index (χ0v) is 5.16. The van der Waals surface area contributed by atoms with Crippen LogP contribution in [0.2, 0.25) is 0 Å². The predicted octanol–water partition coefficient (Wildman–Crippen LogP) is 0.750. The van der Waals surface area contributed by atoms with E-state index in [0.717, 1.165) is 0 Å². The summed E-state index contributed by atoms with van der Waals surface area (Å²) in [5.74, 6) is -2.03. The highest BCUT2D eigenvalue weighted by Gasteiger charge is 2.40. The van der Waals surface area contributed by atoms with E-state index in [0.29, 0.717) is 0 Å². The van der Waals surface area contributed by atoms with E-state index in [9.17, 15) is 21.6 Å². The van der Waals surface area contributed by atoms with E-state index in [1.54, 1.807) is 0 Å². The van der Waals surface area contributed by atoms with Gasteiger partial charge in [-0.25, -0.2) is 13.0 Å². The van der Waals surface area contributed by atoms with Gasteiger partial charge in [-0.15, -0.1) is 0 Å². The summed E-state index contributed by atoms with van der Waals surface area (Å²) in [5, 5.41) is -2.18. The van der Waals surface area contributed by atoms with Gasteiger partial charge in [0.1, 0.15) is 0 Å². The first-order chi connectivity index (χ1) is 4.45. The van der Waals surface area contributed by atoms with E-state index in [1.165, 1.54) is 0 Å². The molecule has 0 N–H and O–H groups in total. The van der Waals surface area contributed by atoms with Gasteiger partial charge in [0.2, 0.25) is 5.83 Å². The molecule has 1 rings (SSSR count). The SMILES string of the molecule is O=S1(=O)OC(F)C(F)=C1F. The molecular weight excluding hydrogens is 173 g/mol. The molecule has 1 atom stereocenters. The Labute approximate surface area is 54.2 Å². The minimum atomic E-state index is -4.76. The molecule has 1 aliphatic rings. The smallest absolute Gasteiger partial charge is 0.220 e. The number of rotatable bonds is 0. The Hall–Kier alpha value is -0.560. The average Bonchev–Trinajstić information content (AvgIpc) is 1.95. The Bertz CT molecular complexity index is 279. The van der Waals surface area contributed by atoms with Crippen molar-refractivity contribution in [3.05, 3.63) is 11.0 Å². The Kier molecular flexibility index (Phi) is 1.48. The van der Waals surface area contributed by atoms with Crippen molar-refractivity contribution >= 4 is 10.1 Å². The molecule has 0 saturated carbocycles. The third-order valence-electron chi connectivity index (χ3n) is 0.818. The molecule has 0 fully saturated rings. The lowest BCUT2D eigenvalue weighted by atomic mass is 10.6. The van der Waals surface area contributed by atoms with Crippen molar-refractivity contribution in [2.75, 3.05) is 0 Å². The van der Waals surface area contributed by atoms with Gasteiger partial charge in [-0.05, 0) is 0 Å². The molecule has 0 aromatic heterocycles. The first-order valence-corrected chi connectivity index (χ1v) is 3.48. The van der Waals surface area contributed by atoms with Gasteiger partial charge in [0.15, 0.2) is 0 Å². The Morgan fingerprint density at radius 1 is 1.40 bits per heavy atom. The molecule has 1 unspecified atom stereocenters. The van der Waals surface area contributed by atoms with Crippen LogP contribution in [0.25, 0.3) is 0 Å². The fourth-order valence-corrected chi connectivity index (χ4v) is 1.13. The second-order valence-corrected chi connectivity index (χ2v) is 2.95. The first-order valence-electron chi connectivity index (χ1n) is 2.07. The quantitative estimate of drug-likeness (QED) is 0.509. The Morgan fingerprint density at radius 2 is 1.90 bits per heavy atom. The van der Waals surface area contributed by atoms with Gasteiger partial charge in [-0.1, -0.05) is 0 Å². The molecule has 0 aromatic rings. The van der Waals surface area contributed by atoms with Crippen LogP contribution in [0.1, 0.15) is 0 Å². The minimum absolute atomic E-state index is 2.03. The minimum Gasteiger partial charge on any atom is -0.220 e. The molecule has 0 aliphatic carbocycles. The van der Waals surface area contributed by atoms with Crippen LogP contribution >= 0.6 is 0 Å². The average molecular weight is 174 g/mol. The summed E-state index contributed by atoms with van der Waals surface area (Å²) in [5.41, 5.74) is 0. The summed E-state index contributed by atoms with van der Waals surface area (Å²) in [6, 6.07) is 0.